The highest BCUT2D eigenvalue weighted by molar-refractivity contribution is 5.77. The second kappa shape index (κ2) is 5.95. The summed E-state index contributed by atoms with van der Waals surface area (Å²) in [7, 11) is 2.03. The zero-order chi connectivity index (χ0) is 11.3. The first-order valence-corrected chi connectivity index (χ1v) is 5.94. The number of hydrogen-bond acceptors (Lipinski definition) is 2. The van der Waals surface area contributed by atoms with E-state index in [9.17, 15) is 0 Å². The van der Waals surface area contributed by atoms with E-state index in [4.69, 9.17) is 5.73 Å². The number of guanidine groups is 1. The predicted octanol–water partition coefficient (Wildman–Crippen LogP) is 0.737. The summed E-state index contributed by atoms with van der Waals surface area (Å²) in [6, 6.07) is 0.658. The van der Waals surface area contributed by atoms with Gasteiger partial charge in [-0.25, -0.2) is 0 Å². The topological polar surface area (TPSA) is 44.9 Å². The van der Waals surface area contributed by atoms with Gasteiger partial charge < -0.3 is 10.6 Å². The van der Waals surface area contributed by atoms with E-state index in [2.05, 4.69) is 21.7 Å². The van der Waals surface area contributed by atoms with Crippen molar-refractivity contribution in [3.8, 4) is 0 Å². The highest BCUT2D eigenvalue weighted by Gasteiger charge is 2.24. The molecule has 0 spiro atoms. The first-order valence-electron chi connectivity index (χ1n) is 5.94. The fourth-order valence-electron chi connectivity index (χ4n) is 2.21. The lowest BCUT2D eigenvalue weighted by Crippen LogP contribution is -2.43. The molecule has 1 rings (SSSR count). The summed E-state index contributed by atoms with van der Waals surface area (Å²) in [6.07, 6.45) is 2.61. The van der Waals surface area contributed by atoms with E-state index in [1.54, 1.807) is 0 Å². The average molecular weight is 212 g/mol. The van der Waals surface area contributed by atoms with Crippen LogP contribution < -0.4 is 5.73 Å². The van der Waals surface area contributed by atoms with Gasteiger partial charge in [0.2, 0.25) is 0 Å². The van der Waals surface area contributed by atoms with Crippen molar-refractivity contribution in [2.24, 2.45) is 10.7 Å². The quantitative estimate of drug-likeness (QED) is 0.552. The monoisotopic (exact) mass is 212 g/mol. The molecule has 1 atom stereocenters. The second-order valence-corrected chi connectivity index (χ2v) is 4.14. The molecule has 1 aliphatic rings. The SMILES string of the molecule is CCN=C(N)N(C)CC1CCCN1CC. The molecule has 2 N–H and O–H groups in total. The molecule has 0 saturated carbocycles. The molecule has 0 aromatic rings. The third kappa shape index (κ3) is 3.38. The molecule has 1 aliphatic heterocycles. The molecule has 0 aromatic carbocycles. The Labute approximate surface area is 93.1 Å². The Morgan fingerprint density at radius 3 is 2.87 bits per heavy atom. The summed E-state index contributed by atoms with van der Waals surface area (Å²) >= 11 is 0. The largest absolute Gasteiger partial charge is 0.370 e. The van der Waals surface area contributed by atoms with E-state index in [-0.39, 0.29) is 0 Å². The van der Waals surface area contributed by atoms with Crippen molar-refractivity contribution in [3.05, 3.63) is 0 Å². The van der Waals surface area contributed by atoms with Crippen molar-refractivity contribution >= 4 is 5.96 Å². The van der Waals surface area contributed by atoms with Gasteiger partial charge in [-0.1, -0.05) is 6.92 Å². The van der Waals surface area contributed by atoms with Crippen LogP contribution in [0.15, 0.2) is 4.99 Å². The predicted molar refractivity (Wildman–Crippen MR) is 65.1 cm³/mol. The molecule has 0 aromatic heterocycles. The van der Waals surface area contributed by atoms with Crippen LogP contribution >= 0.6 is 0 Å². The van der Waals surface area contributed by atoms with Crippen molar-refractivity contribution < 1.29 is 0 Å². The van der Waals surface area contributed by atoms with Crippen LogP contribution in [0.25, 0.3) is 0 Å². The Kier molecular flexibility index (Phi) is 4.88. The van der Waals surface area contributed by atoms with Crippen molar-refractivity contribution in [2.75, 3.05) is 33.2 Å². The van der Waals surface area contributed by atoms with Crippen LogP contribution in [0, 0.1) is 0 Å². The Hall–Kier alpha value is -0.770. The molecular weight excluding hydrogens is 188 g/mol. The maximum Gasteiger partial charge on any atom is 0.191 e. The number of nitrogens with two attached hydrogens (primary N) is 1. The molecule has 0 amide bonds. The normalized spacial score (nSPS) is 23.4. The summed E-state index contributed by atoms with van der Waals surface area (Å²) in [5.41, 5.74) is 5.85. The molecule has 15 heavy (non-hydrogen) atoms. The summed E-state index contributed by atoms with van der Waals surface area (Å²) < 4.78 is 0. The summed E-state index contributed by atoms with van der Waals surface area (Å²) in [6.45, 7) is 8.38. The van der Waals surface area contributed by atoms with E-state index in [0.29, 0.717) is 12.0 Å². The van der Waals surface area contributed by atoms with Gasteiger partial charge in [-0.2, -0.15) is 0 Å². The third-order valence-corrected chi connectivity index (χ3v) is 3.10. The smallest absolute Gasteiger partial charge is 0.191 e. The molecule has 1 heterocycles. The van der Waals surface area contributed by atoms with Crippen LogP contribution in [0.1, 0.15) is 26.7 Å². The van der Waals surface area contributed by atoms with Gasteiger partial charge in [-0.3, -0.25) is 9.89 Å². The number of aliphatic imine (C=N–C) groups is 1. The van der Waals surface area contributed by atoms with Gasteiger partial charge >= 0.3 is 0 Å². The number of hydrogen-bond donors (Lipinski definition) is 1. The maximum atomic E-state index is 5.85. The molecule has 4 nitrogen and oxygen atoms in total. The molecule has 88 valence electrons. The van der Waals surface area contributed by atoms with E-state index in [1.165, 1.54) is 19.4 Å². The van der Waals surface area contributed by atoms with Crippen molar-refractivity contribution in [2.45, 2.75) is 32.7 Å². The standard InChI is InChI=1S/C11H24N4/c1-4-13-11(12)14(3)9-10-7-6-8-15(10)5-2/h10H,4-9H2,1-3H3,(H2,12,13). The Balaban J connectivity index is 2.43. The van der Waals surface area contributed by atoms with E-state index < -0.39 is 0 Å². The van der Waals surface area contributed by atoms with E-state index >= 15 is 0 Å². The van der Waals surface area contributed by atoms with Gasteiger partial charge in [0.1, 0.15) is 0 Å². The third-order valence-electron chi connectivity index (χ3n) is 3.10. The van der Waals surface area contributed by atoms with Crippen molar-refractivity contribution in [3.63, 3.8) is 0 Å². The lowest BCUT2D eigenvalue weighted by Gasteiger charge is -2.28. The summed E-state index contributed by atoms with van der Waals surface area (Å²) in [4.78, 5) is 8.81. The van der Waals surface area contributed by atoms with Crippen molar-refractivity contribution in [1.29, 1.82) is 0 Å². The molecule has 1 fully saturated rings. The Bertz CT molecular complexity index is 215. The average Bonchev–Trinajstić information content (AvgIpc) is 2.65. The van der Waals surface area contributed by atoms with Crippen LogP contribution in [0.5, 0.6) is 0 Å². The van der Waals surface area contributed by atoms with Crippen LogP contribution in [-0.4, -0.2) is 55.0 Å². The molecule has 0 aliphatic carbocycles. The first kappa shape index (κ1) is 12.3. The van der Waals surface area contributed by atoms with Crippen LogP contribution in [0.2, 0.25) is 0 Å². The second-order valence-electron chi connectivity index (χ2n) is 4.14. The minimum atomic E-state index is 0.658. The number of nitrogens with zero attached hydrogens (tertiary/aromatic N) is 3. The van der Waals surface area contributed by atoms with Gasteiger partial charge in [-0.05, 0) is 32.9 Å². The fraction of sp³-hybridized carbons (Fsp3) is 0.909. The lowest BCUT2D eigenvalue weighted by atomic mass is 10.2. The Morgan fingerprint density at radius 2 is 2.27 bits per heavy atom. The fourth-order valence-corrected chi connectivity index (χ4v) is 2.21. The number of rotatable bonds is 4. The first-order chi connectivity index (χ1) is 7.19. The molecule has 1 unspecified atom stereocenters. The molecule has 0 bridgehead atoms. The van der Waals surface area contributed by atoms with Gasteiger partial charge in [0.15, 0.2) is 5.96 Å². The molecule has 0 radical (unpaired) electrons. The summed E-state index contributed by atoms with van der Waals surface area (Å²) in [5, 5.41) is 0. The summed E-state index contributed by atoms with van der Waals surface area (Å²) in [5.74, 6) is 0.667. The van der Waals surface area contributed by atoms with E-state index in [1.807, 2.05) is 14.0 Å². The van der Waals surface area contributed by atoms with Gasteiger partial charge in [0.25, 0.3) is 0 Å². The van der Waals surface area contributed by atoms with Crippen molar-refractivity contribution in [1.82, 2.24) is 9.80 Å². The van der Waals surface area contributed by atoms with Crippen LogP contribution in [-0.2, 0) is 0 Å². The minimum Gasteiger partial charge on any atom is -0.370 e. The molecule has 4 heteroatoms. The van der Waals surface area contributed by atoms with Gasteiger partial charge in [0, 0.05) is 26.2 Å². The zero-order valence-electron chi connectivity index (χ0n) is 10.2. The highest BCUT2D eigenvalue weighted by atomic mass is 15.3. The van der Waals surface area contributed by atoms with E-state index in [0.717, 1.165) is 19.6 Å². The van der Waals surface area contributed by atoms with Crippen LogP contribution in [0.3, 0.4) is 0 Å². The minimum absolute atomic E-state index is 0.658. The van der Waals surface area contributed by atoms with Gasteiger partial charge in [0.05, 0.1) is 0 Å². The maximum absolute atomic E-state index is 5.85. The Morgan fingerprint density at radius 1 is 1.53 bits per heavy atom. The zero-order valence-corrected chi connectivity index (χ0v) is 10.2. The van der Waals surface area contributed by atoms with Gasteiger partial charge in [-0.15, -0.1) is 0 Å². The molecular formula is C11H24N4. The number of likely N-dealkylation sites (N-methyl/N-ethyl adjacent to an activating group) is 2. The molecule has 1 saturated heterocycles. The lowest BCUT2D eigenvalue weighted by molar-refractivity contribution is 0.234. The number of likely N-dealkylation sites (tertiary alicyclic amines) is 1. The highest BCUT2D eigenvalue weighted by Crippen LogP contribution is 2.16. The van der Waals surface area contributed by atoms with Crippen LogP contribution in [0.4, 0.5) is 0 Å².